The van der Waals surface area contributed by atoms with Crippen molar-refractivity contribution in [3.05, 3.63) is 77.9 Å². The Morgan fingerprint density at radius 2 is 1.82 bits per heavy atom. The van der Waals surface area contributed by atoms with E-state index in [1.54, 1.807) is 20.4 Å². The number of para-hydroxylation sites is 2. The molecule has 0 aliphatic carbocycles. The van der Waals surface area contributed by atoms with Crippen molar-refractivity contribution >= 4 is 41.1 Å². The monoisotopic (exact) mass is 549 g/mol. The third kappa shape index (κ3) is 11.1. The molecule has 2 heterocycles. The van der Waals surface area contributed by atoms with Crippen molar-refractivity contribution in [1.82, 2.24) is 9.97 Å². The molecule has 210 valence electrons. The summed E-state index contributed by atoms with van der Waals surface area (Å²) in [5.74, 6) is 2.92. The van der Waals surface area contributed by atoms with Gasteiger partial charge in [0.2, 0.25) is 5.95 Å². The highest BCUT2D eigenvalue weighted by Crippen LogP contribution is 2.24. The van der Waals surface area contributed by atoms with Gasteiger partial charge in [0.1, 0.15) is 17.4 Å². The number of anilines is 2. The minimum atomic E-state index is 0.554. The number of unbranched alkanes of at least 4 members (excludes halogenated alkanes) is 1. The van der Waals surface area contributed by atoms with E-state index in [1.807, 2.05) is 42.5 Å². The molecule has 3 aromatic rings. The van der Waals surface area contributed by atoms with Crippen molar-refractivity contribution in [2.45, 2.75) is 46.1 Å². The quantitative estimate of drug-likeness (QED) is 0.180. The number of fused-ring (bicyclic) bond motifs is 5. The molecule has 1 aliphatic rings. The van der Waals surface area contributed by atoms with Crippen LogP contribution in [0.15, 0.2) is 77.3 Å². The van der Waals surface area contributed by atoms with Gasteiger partial charge in [0, 0.05) is 38.3 Å². The van der Waals surface area contributed by atoms with Crippen LogP contribution in [0.3, 0.4) is 0 Å². The molecule has 7 nitrogen and oxygen atoms in total. The van der Waals surface area contributed by atoms with Gasteiger partial charge in [-0.15, -0.1) is 0 Å². The number of allylic oxidation sites excluding steroid dienone is 2. The first-order valence-electron chi connectivity index (χ1n) is 13.4. The molecule has 2 aromatic carbocycles. The van der Waals surface area contributed by atoms with E-state index in [-0.39, 0.29) is 0 Å². The summed E-state index contributed by atoms with van der Waals surface area (Å²) >= 11 is 3.53. The Bertz CT molecular complexity index is 1220. The van der Waals surface area contributed by atoms with E-state index in [0.717, 1.165) is 53.3 Å². The Hall–Kier alpha value is -3.36. The summed E-state index contributed by atoms with van der Waals surface area (Å²) in [5.41, 5.74) is 3.14. The normalized spacial score (nSPS) is 16.8. The number of amidine groups is 1. The lowest BCUT2D eigenvalue weighted by Crippen LogP contribution is -2.13. The molecule has 0 atom stereocenters. The SMILES string of the molecule is CCCCOC.CN=C1/C=C(\C)C/C=C\CCOc2ccccc2CNc2nc(c3ccccc3n2)N1.CS. The first-order valence-corrected chi connectivity index (χ1v) is 14.2. The fourth-order valence-electron chi connectivity index (χ4n) is 3.70. The predicted molar refractivity (Wildman–Crippen MR) is 170 cm³/mol. The second-order valence-corrected chi connectivity index (χ2v) is 8.76. The lowest BCUT2D eigenvalue weighted by Gasteiger charge is -2.14. The van der Waals surface area contributed by atoms with Crippen LogP contribution in [-0.4, -0.2) is 49.4 Å². The third-order valence-corrected chi connectivity index (χ3v) is 5.73. The molecule has 0 amide bonds. The number of hydrogen-bond acceptors (Lipinski definition) is 7. The molecular formula is C31H43N5O2S. The third-order valence-electron chi connectivity index (χ3n) is 5.73. The van der Waals surface area contributed by atoms with Crippen molar-refractivity contribution in [1.29, 1.82) is 0 Å². The zero-order chi connectivity index (χ0) is 28.3. The Morgan fingerprint density at radius 1 is 1.05 bits per heavy atom. The molecule has 1 aliphatic heterocycles. The van der Waals surface area contributed by atoms with Crippen molar-refractivity contribution in [2.75, 3.05) is 44.3 Å². The van der Waals surface area contributed by atoms with Crippen molar-refractivity contribution in [2.24, 2.45) is 4.99 Å². The molecule has 1 aromatic heterocycles. The van der Waals surface area contributed by atoms with E-state index in [9.17, 15) is 0 Å². The maximum atomic E-state index is 6.02. The van der Waals surface area contributed by atoms with Crippen LogP contribution < -0.4 is 15.4 Å². The molecule has 0 spiro atoms. The molecule has 0 unspecified atom stereocenters. The van der Waals surface area contributed by atoms with Gasteiger partial charge in [-0.05, 0) is 56.7 Å². The molecular weight excluding hydrogens is 506 g/mol. The van der Waals surface area contributed by atoms with Gasteiger partial charge in [-0.1, -0.05) is 61.4 Å². The van der Waals surface area contributed by atoms with Crippen LogP contribution in [0, 0.1) is 0 Å². The highest BCUT2D eigenvalue weighted by Gasteiger charge is 2.10. The van der Waals surface area contributed by atoms with Crippen LogP contribution in [0.2, 0.25) is 0 Å². The summed E-state index contributed by atoms with van der Waals surface area (Å²) in [6.45, 7) is 6.37. The second-order valence-electron chi connectivity index (χ2n) is 8.76. The summed E-state index contributed by atoms with van der Waals surface area (Å²) in [6, 6.07) is 16.0. The molecule has 8 heteroatoms. The minimum absolute atomic E-state index is 0.554. The number of aromatic nitrogens is 2. The summed E-state index contributed by atoms with van der Waals surface area (Å²) < 4.78 is 10.8. The van der Waals surface area contributed by atoms with E-state index >= 15 is 0 Å². The number of nitrogens with one attached hydrogen (secondary N) is 2. The van der Waals surface area contributed by atoms with Crippen LogP contribution in [0.4, 0.5) is 11.8 Å². The standard InChI is InChI=1S/C25H27N5O.C5H12O.CH4S/c1-18-10-4-3-9-15-31-22-14-8-5-11-19(22)17-27-25-28-21-13-7-6-12-20(21)24(30-25)29-23(16-18)26-2;1-3-4-5-6-2;1-2/h3-8,11-14,16H,9-10,15,17H2,1-2H3,(H2,26,27,28,29,30);3-5H2,1-2H3;2H,1H3/b4-3-,18-16+;;. The summed E-state index contributed by atoms with van der Waals surface area (Å²) in [6.07, 6.45) is 12.2. The minimum Gasteiger partial charge on any atom is -0.493 e. The number of thiol groups is 1. The molecule has 0 saturated carbocycles. The number of aliphatic imine (C=N–C) groups is 1. The maximum absolute atomic E-state index is 6.02. The highest BCUT2D eigenvalue weighted by atomic mass is 32.1. The average Bonchev–Trinajstić information content (AvgIpc) is 2.98. The average molecular weight is 550 g/mol. The van der Waals surface area contributed by atoms with Gasteiger partial charge in [-0.3, -0.25) is 4.99 Å². The first kappa shape index (κ1) is 31.9. The van der Waals surface area contributed by atoms with Gasteiger partial charge >= 0.3 is 0 Å². The zero-order valence-corrected chi connectivity index (χ0v) is 24.8. The summed E-state index contributed by atoms with van der Waals surface area (Å²) in [5, 5.41) is 7.69. The van der Waals surface area contributed by atoms with Crippen molar-refractivity contribution in [3.8, 4) is 5.75 Å². The molecule has 39 heavy (non-hydrogen) atoms. The van der Waals surface area contributed by atoms with Gasteiger partial charge in [0.25, 0.3) is 0 Å². The number of hydrogen-bond donors (Lipinski definition) is 3. The molecule has 4 rings (SSSR count). The highest BCUT2D eigenvalue weighted by molar-refractivity contribution is 7.79. The Morgan fingerprint density at radius 3 is 2.56 bits per heavy atom. The summed E-state index contributed by atoms with van der Waals surface area (Å²) in [4.78, 5) is 13.9. The zero-order valence-electron chi connectivity index (χ0n) is 23.9. The Labute approximate surface area is 239 Å². The van der Waals surface area contributed by atoms with Gasteiger partial charge in [-0.25, -0.2) is 4.98 Å². The van der Waals surface area contributed by atoms with Crippen LogP contribution in [-0.2, 0) is 11.3 Å². The van der Waals surface area contributed by atoms with Crippen LogP contribution in [0.1, 0.15) is 45.1 Å². The number of rotatable bonds is 3. The number of nitrogens with zero attached hydrogens (tertiary/aromatic N) is 3. The van der Waals surface area contributed by atoms with Crippen molar-refractivity contribution < 1.29 is 9.47 Å². The van der Waals surface area contributed by atoms with E-state index in [0.29, 0.717) is 19.1 Å². The molecule has 2 bridgehead atoms. The molecule has 0 fully saturated rings. The summed E-state index contributed by atoms with van der Waals surface area (Å²) in [7, 11) is 3.51. The Balaban J connectivity index is 0.000000590. The lowest BCUT2D eigenvalue weighted by atomic mass is 10.1. The fourth-order valence-corrected chi connectivity index (χ4v) is 3.70. The first-order chi connectivity index (χ1) is 19.1. The molecule has 0 radical (unpaired) electrons. The van der Waals surface area contributed by atoms with Crippen LogP contribution >= 0.6 is 12.6 Å². The van der Waals surface area contributed by atoms with E-state index in [2.05, 4.69) is 66.4 Å². The van der Waals surface area contributed by atoms with Crippen LogP contribution in [0.5, 0.6) is 5.75 Å². The Kier molecular flexibility index (Phi) is 15.4. The van der Waals surface area contributed by atoms with E-state index in [1.165, 1.54) is 18.4 Å². The fraction of sp³-hybridized carbons (Fsp3) is 0.387. The molecule has 0 saturated heterocycles. The van der Waals surface area contributed by atoms with Gasteiger partial charge < -0.3 is 20.1 Å². The maximum Gasteiger partial charge on any atom is 0.225 e. The largest absolute Gasteiger partial charge is 0.493 e. The second kappa shape index (κ2) is 18.8. The predicted octanol–water partition coefficient (Wildman–Crippen LogP) is 7.34. The molecule has 2 N–H and O–H groups in total. The smallest absolute Gasteiger partial charge is 0.225 e. The van der Waals surface area contributed by atoms with Gasteiger partial charge in [-0.2, -0.15) is 17.6 Å². The van der Waals surface area contributed by atoms with E-state index in [4.69, 9.17) is 19.4 Å². The van der Waals surface area contributed by atoms with E-state index < -0.39 is 0 Å². The van der Waals surface area contributed by atoms with Gasteiger partial charge in [0.05, 0.1) is 12.1 Å². The van der Waals surface area contributed by atoms with Crippen molar-refractivity contribution in [3.63, 3.8) is 0 Å². The lowest BCUT2D eigenvalue weighted by molar-refractivity contribution is 0.194. The number of benzene rings is 2. The van der Waals surface area contributed by atoms with Gasteiger partial charge in [0.15, 0.2) is 0 Å². The number of methoxy groups -OCH3 is 1. The topological polar surface area (TPSA) is 80.7 Å². The number of ether oxygens (including phenoxy) is 2. The van der Waals surface area contributed by atoms with Crippen LogP contribution in [0.25, 0.3) is 10.9 Å².